The van der Waals surface area contributed by atoms with Crippen molar-refractivity contribution >= 4 is 17.3 Å². The first-order valence-corrected chi connectivity index (χ1v) is 6.99. The lowest BCUT2D eigenvalue weighted by molar-refractivity contribution is 0.414. The van der Waals surface area contributed by atoms with E-state index in [2.05, 4.69) is 22.8 Å². The molecule has 2 aromatic carbocycles. The predicted octanol–water partition coefficient (Wildman–Crippen LogP) is 3.55. The zero-order valence-corrected chi connectivity index (χ0v) is 12.3. The Morgan fingerprint density at radius 1 is 0.950 bits per heavy atom. The van der Waals surface area contributed by atoms with Gasteiger partial charge in [-0.1, -0.05) is 23.7 Å². The minimum Gasteiger partial charge on any atom is -0.497 e. The molecular formula is C16H19ClN2O. The summed E-state index contributed by atoms with van der Waals surface area (Å²) < 4.78 is 5.13. The molecule has 0 amide bonds. The van der Waals surface area contributed by atoms with Crippen LogP contribution in [0.25, 0.3) is 0 Å². The third kappa shape index (κ3) is 4.76. The minimum atomic E-state index is 0.758. The molecule has 0 radical (unpaired) electrons. The van der Waals surface area contributed by atoms with Gasteiger partial charge in [0.05, 0.1) is 7.11 Å². The van der Waals surface area contributed by atoms with Gasteiger partial charge in [-0.25, -0.2) is 0 Å². The van der Waals surface area contributed by atoms with Crippen molar-refractivity contribution in [2.24, 2.45) is 0 Å². The van der Waals surface area contributed by atoms with Crippen LogP contribution in [0.5, 0.6) is 5.75 Å². The summed E-state index contributed by atoms with van der Waals surface area (Å²) in [5, 5.41) is 7.48. The lowest BCUT2D eigenvalue weighted by Gasteiger charge is -2.08. The van der Waals surface area contributed by atoms with Crippen molar-refractivity contribution in [2.45, 2.75) is 6.54 Å². The molecule has 4 heteroatoms. The van der Waals surface area contributed by atoms with Crippen LogP contribution in [0.15, 0.2) is 48.5 Å². The zero-order chi connectivity index (χ0) is 14.2. The highest BCUT2D eigenvalue weighted by Gasteiger charge is 1.95. The average molecular weight is 291 g/mol. The average Bonchev–Trinajstić information content (AvgIpc) is 2.49. The molecule has 0 aliphatic carbocycles. The van der Waals surface area contributed by atoms with Crippen LogP contribution in [0.1, 0.15) is 5.56 Å². The molecule has 0 heterocycles. The maximum Gasteiger partial charge on any atom is 0.118 e. The topological polar surface area (TPSA) is 33.3 Å². The van der Waals surface area contributed by atoms with Crippen molar-refractivity contribution in [2.75, 3.05) is 25.5 Å². The number of rotatable bonds is 7. The Kier molecular flexibility index (Phi) is 5.71. The molecule has 106 valence electrons. The second-order valence-electron chi connectivity index (χ2n) is 4.46. The molecule has 0 spiro atoms. The first kappa shape index (κ1) is 14.7. The second-order valence-corrected chi connectivity index (χ2v) is 4.89. The minimum absolute atomic E-state index is 0.758. The van der Waals surface area contributed by atoms with Gasteiger partial charge in [-0.3, -0.25) is 0 Å². The highest BCUT2D eigenvalue weighted by atomic mass is 35.5. The van der Waals surface area contributed by atoms with Crippen LogP contribution in [0.3, 0.4) is 0 Å². The summed E-state index contributed by atoms with van der Waals surface area (Å²) in [6.45, 7) is 2.62. The monoisotopic (exact) mass is 290 g/mol. The summed E-state index contributed by atoms with van der Waals surface area (Å²) in [6, 6.07) is 15.8. The van der Waals surface area contributed by atoms with Crippen molar-refractivity contribution in [3.63, 3.8) is 0 Å². The van der Waals surface area contributed by atoms with Gasteiger partial charge in [0.1, 0.15) is 5.75 Å². The van der Waals surface area contributed by atoms with Gasteiger partial charge >= 0.3 is 0 Å². The van der Waals surface area contributed by atoms with Gasteiger partial charge in [0, 0.05) is 30.3 Å². The van der Waals surface area contributed by atoms with E-state index in [1.807, 2.05) is 36.4 Å². The fourth-order valence-electron chi connectivity index (χ4n) is 1.84. The number of ether oxygens (including phenoxy) is 1. The molecular weight excluding hydrogens is 272 g/mol. The Hall–Kier alpha value is -1.71. The summed E-state index contributed by atoms with van der Waals surface area (Å²) in [7, 11) is 1.68. The van der Waals surface area contributed by atoms with Crippen LogP contribution in [0, 0.1) is 0 Å². The molecule has 2 aromatic rings. The number of halogens is 1. The Balaban J connectivity index is 1.64. The molecule has 0 aliphatic rings. The van der Waals surface area contributed by atoms with Gasteiger partial charge in [0.15, 0.2) is 0 Å². The molecule has 2 N–H and O–H groups in total. The Morgan fingerprint density at radius 3 is 2.30 bits per heavy atom. The van der Waals surface area contributed by atoms with E-state index in [-0.39, 0.29) is 0 Å². The van der Waals surface area contributed by atoms with Crippen LogP contribution in [-0.2, 0) is 6.54 Å². The maximum atomic E-state index is 5.84. The van der Waals surface area contributed by atoms with E-state index in [0.717, 1.165) is 36.1 Å². The smallest absolute Gasteiger partial charge is 0.118 e. The summed E-state index contributed by atoms with van der Waals surface area (Å²) in [5.41, 5.74) is 2.33. The fraction of sp³-hybridized carbons (Fsp3) is 0.250. The van der Waals surface area contributed by atoms with Gasteiger partial charge in [-0.05, 0) is 42.0 Å². The molecule has 0 saturated carbocycles. The summed E-state index contributed by atoms with van der Waals surface area (Å²) in [6.07, 6.45) is 0. The lowest BCUT2D eigenvalue weighted by atomic mass is 10.2. The highest BCUT2D eigenvalue weighted by Crippen LogP contribution is 2.13. The van der Waals surface area contributed by atoms with Crippen LogP contribution >= 0.6 is 11.6 Å². The van der Waals surface area contributed by atoms with E-state index in [9.17, 15) is 0 Å². The van der Waals surface area contributed by atoms with E-state index in [0.29, 0.717) is 0 Å². The van der Waals surface area contributed by atoms with Crippen LogP contribution in [0.2, 0.25) is 5.02 Å². The fourth-order valence-corrected chi connectivity index (χ4v) is 1.97. The first-order chi connectivity index (χ1) is 9.78. The first-order valence-electron chi connectivity index (χ1n) is 6.61. The molecule has 0 aliphatic heterocycles. The number of methoxy groups -OCH3 is 1. The quantitative estimate of drug-likeness (QED) is 0.765. The number of hydrogen-bond acceptors (Lipinski definition) is 3. The number of hydrogen-bond donors (Lipinski definition) is 2. The van der Waals surface area contributed by atoms with Gasteiger partial charge in [0.25, 0.3) is 0 Å². The normalized spacial score (nSPS) is 10.3. The maximum absolute atomic E-state index is 5.84. The van der Waals surface area contributed by atoms with Gasteiger partial charge < -0.3 is 15.4 Å². The standard InChI is InChI=1S/C16H19ClN2O/c1-20-16-8-2-13(3-9-16)12-18-10-11-19-15-6-4-14(17)5-7-15/h2-9,18-19H,10-12H2,1H3. The Labute approximate surface area is 124 Å². The van der Waals surface area contributed by atoms with Crippen molar-refractivity contribution in [1.29, 1.82) is 0 Å². The molecule has 0 atom stereocenters. The molecule has 0 unspecified atom stereocenters. The molecule has 0 fully saturated rings. The molecule has 0 aromatic heterocycles. The summed E-state index contributed by atoms with van der Waals surface area (Å²) in [4.78, 5) is 0. The third-order valence-corrected chi connectivity index (χ3v) is 3.22. The van der Waals surface area contributed by atoms with Gasteiger partial charge in [0.2, 0.25) is 0 Å². The van der Waals surface area contributed by atoms with Crippen LogP contribution < -0.4 is 15.4 Å². The van der Waals surface area contributed by atoms with Gasteiger partial charge in [-0.15, -0.1) is 0 Å². The predicted molar refractivity (Wildman–Crippen MR) is 84.6 cm³/mol. The third-order valence-electron chi connectivity index (χ3n) is 2.96. The SMILES string of the molecule is COc1ccc(CNCCNc2ccc(Cl)cc2)cc1. The Morgan fingerprint density at radius 2 is 1.65 bits per heavy atom. The Bertz CT molecular complexity index is 511. The largest absolute Gasteiger partial charge is 0.497 e. The van der Waals surface area contributed by atoms with Crippen LogP contribution in [-0.4, -0.2) is 20.2 Å². The van der Waals surface area contributed by atoms with Crippen molar-refractivity contribution < 1.29 is 4.74 Å². The molecule has 2 rings (SSSR count). The molecule has 0 bridgehead atoms. The lowest BCUT2D eigenvalue weighted by Crippen LogP contribution is -2.21. The van der Waals surface area contributed by atoms with E-state index in [1.54, 1.807) is 7.11 Å². The highest BCUT2D eigenvalue weighted by molar-refractivity contribution is 6.30. The number of benzene rings is 2. The van der Waals surface area contributed by atoms with Crippen molar-refractivity contribution in [3.8, 4) is 5.75 Å². The van der Waals surface area contributed by atoms with Gasteiger partial charge in [-0.2, -0.15) is 0 Å². The van der Waals surface area contributed by atoms with E-state index in [1.165, 1.54) is 5.56 Å². The summed E-state index contributed by atoms with van der Waals surface area (Å²) >= 11 is 5.84. The second kappa shape index (κ2) is 7.78. The van der Waals surface area contributed by atoms with E-state index < -0.39 is 0 Å². The molecule has 3 nitrogen and oxygen atoms in total. The van der Waals surface area contributed by atoms with Crippen LogP contribution in [0.4, 0.5) is 5.69 Å². The summed E-state index contributed by atoms with van der Waals surface area (Å²) in [5.74, 6) is 0.887. The zero-order valence-electron chi connectivity index (χ0n) is 11.5. The van der Waals surface area contributed by atoms with Crippen molar-refractivity contribution in [1.82, 2.24) is 5.32 Å². The van der Waals surface area contributed by atoms with Crippen molar-refractivity contribution in [3.05, 3.63) is 59.1 Å². The number of anilines is 1. The number of nitrogens with one attached hydrogen (secondary N) is 2. The van der Waals surface area contributed by atoms with E-state index in [4.69, 9.17) is 16.3 Å². The van der Waals surface area contributed by atoms with E-state index >= 15 is 0 Å². The molecule has 0 saturated heterocycles. The molecule has 20 heavy (non-hydrogen) atoms.